The van der Waals surface area contributed by atoms with Crippen molar-refractivity contribution in [3.05, 3.63) is 43.0 Å². The van der Waals surface area contributed by atoms with E-state index in [1.807, 2.05) is 6.92 Å². The first kappa shape index (κ1) is 33.3. The lowest BCUT2D eigenvalue weighted by atomic mass is 9.44. The first-order chi connectivity index (χ1) is 22.3. The summed E-state index contributed by atoms with van der Waals surface area (Å²) in [6.07, 6.45) is 4.84. The number of aryl methyl sites for hydroxylation is 1. The van der Waals surface area contributed by atoms with E-state index in [1.54, 1.807) is 6.92 Å². The number of fused-ring (bicyclic) bond motifs is 5. The van der Waals surface area contributed by atoms with E-state index in [9.17, 15) is 28.8 Å². The standard InChI is InChI=1S/C34H45N5O8/c1-17(5-8-29(43)46-16-26-24(37-38-35)14-28(47-26)39-15-18(2)31(44)36-32(39)45)21-6-7-22-30-23(13-27(42)34(21,22)4)33(3)10-9-20(40)11-19(33)12-25(30)41/h15,17,19,21-24,26,28,30H,5-14,16H2,1-4H3,(H,36,44,45)/t17?,19?,21?,22?,23?,24-,26?,28?,30?,33?,34?/m0/s1. The average Bonchev–Trinajstić information content (AvgIpc) is 3.59. The summed E-state index contributed by atoms with van der Waals surface area (Å²) in [5.74, 6) is 0.202. The monoisotopic (exact) mass is 651 g/mol. The molecule has 0 amide bonds. The van der Waals surface area contributed by atoms with Crippen molar-refractivity contribution < 1.29 is 28.7 Å². The number of aromatic nitrogens is 2. The van der Waals surface area contributed by atoms with Gasteiger partial charge in [-0.2, -0.15) is 0 Å². The highest BCUT2D eigenvalue weighted by molar-refractivity contribution is 5.93. The molecule has 13 nitrogen and oxygen atoms in total. The third-order valence-electron chi connectivity index (χ3n) is 13.0. The molecule has 1 saturated heterocycles. The molecule has 11 atom stereocenters. The molecule has 254 valence electrons. The van der Waals surface area contributed by atoms with Gasteiger partial charge in [-0.15, -0.1) is 0 Å². The van der Waals surface area contributed by atoms with E-state index >= 15 is 0 Å². The third-order valence-corrected chi connectivity index (χ3v) is 13.0. The van der Waals surface area contributed by atoms with Crippen molar-refractivity contribution in [2.45, 2.75) is 110 Å². The molecule has 0 aromatic carbocycles. The van der Waals surface area contributed by atoms with Crippen molar-refractivity contribution in [1.82, 2.24) is 9.55 Å². The number of hydrogen-bond donors (Lipinski definition) is 1. The molecule has 6 rings (SSSR count). The van der Waals surface area contributed by atoms with Crippen LogP contribution in [-0.2, 0) is 28.7 Å². The van der Waals surface area contributed by atoms with E-state index < -0.39 is 41.0 Å². The van der Waals surface area contributed by atoms with Gasteiger partial charge >= 0.3 is 11.7 Å². The molecular weight excluding hydrogens is 606 g/mol. The molecule has 0 radical (unpaired) electrons. The molecule has 2 heterocycles. The van der Waals surface area contributed by atoms with Gasteiger partial charge in [-0.1, -0.05) is 25.9 Å². The molecule has 1 aromatic rings. The fourth-order valence-electron chi connectivity index (χ4n) is 10.2. The molecule has 1 N–H and O–H groups in total. The topological polar surface area (TPSA) is 190 Å². The van der Waals surface area contributed by atoms with Gasteiger partial charge in [0.1, 0.15) is 36.3 Å². The van der Waals surface area contributed by atoms with E-state index in [4.69, 9.17) is 15.0 Å². The Kier molecular flexibility index (Phi) is 8.84. The lowest BCUT2D eigenvalue weighted by molar-refractivity contribution is -0.166. The van der Waals surface area contributed by atoms with Crippen molar-refractivity contribution in [2.24, 2.45) is 51.5 Å². The molecule has 5 fully saturated rings. The Morgan fingerprint density at radius 2 is 1.94 bits per heavy atom. The first-order valence-electron chi connectivity index (χ1n) is 17.0. The Morgan fingerprint density at radius 1 is 1.17 bits per heavy atom. The molecule has 5 aliphatic rings. The number of nitrogens with one attached hydrogen (secondary N) is 1. The second kappa shape index (κ2) is 12.5. The number of azide groups is 1. The largest absolute Gasteiger partial charge is 0.463 e. The quantitative estimate of drug-likeness (QED) is 0.186. The first-order valence-corrected chi connectivity index (χ1v) is 17.0. The molecule has 0 spiro atoms. The van der Waals surface area contributed by atoms with Crippen molar-refractivity contribution in [3.8, 4) is 0 Å². The van der Waals surface area contributed by atoms with Crippen LogP contribution in [0, 0.1) is 53.3 Å². The highest BCUT2D eigenvalue weighted by atomic mass is 16.6. The van der Waals surface area contributed by atoms with E-state index in [-0.39, 0.29) is 77.7 Å². The van der Waals surface area contributed by atoms with E-state index in [1.165, 1.54) is 10.8 Å². The maximum atomic E-state index is 14.1. The Labute approximate surface area is 272 Å². The van der Waals surface area contributed by atoms with Crippen molar-refractivity contribution in [3.63, 3.8) is 0 Å². The van der Waals surface area contributed by atoms with Crippen LogP contribution in [0.1, 0.15) is 96.8 Å². The van der Waals surface area contributed by atoms with Crippen LogP contribution >= 0.6 is 0 Å². The van der Waals surface area contributed by atoms with Gasteiger partial charge in [-0.05, 0) is 73.1 Å². The Bertz CT molecular complexity index is 1640. The Balaban J connectivity index is 1.07. The number of aromatic amines is 1. The SMILES string of the molecule is Cc1cn(C2C[C@H](N=[N+]=[N-])C(COC(=O)CCC(C)C3CCC4C5C(=O)CC6CC(=O)CCC6(C)C5CC(=O)C34C)O2)c(=O)[nH]c1=O. The highest BCUT2D eigenvalue weighted by Crippen LogP contribution is 2.66. The number of carbonyl (C=O) groups is 4. The second-order valence-corrected chi connectivity index (χ2v) is 15.3. The summed E-state index contributed by atoms with van der Waals surface area (Å²) in [5.41, 5.74) is 7.45. The van der Waals surface area contributed by atoms with E-state index in [0.29, 0.717) is 37.7 Å². The molecule has 10 unspecified atom stereocenters. The van der Waals surface area contributed by atoms with E-state index in [2.05, 4.69) is 28.9 Å². The summed E-state index contributed by atoms with van der Waals surface area (Å²) in [4.78, 5) is 82.1. The number of ether oxygens (including phenoxy) is 2. The fraction of sp³-hybridized carbons (Fsp3) is 0.765. The van der Waals surface area contributed by atoms with Crippen LogP contribution in [0.3, 0.4) is 0 Å². The number of esters is 1. The minimum Gasteiger partial charge on any atom is -0.463 e. The number of ketones is 3. The van der Waals surface area contributed by atoms with Gasteiger partial charge in [0.2, 0.25) is 0 Å². The Hall–Kier alpha value is -3.57. The number of H-pyrrole nitrogens is 1. The van der Waals surface area contributed by atoms with Crippen LogP contribution in [0.5, 0.6) is 0 Å². The third kappa shape index (κ3) is 5.69. The van der Waals surface area contributed by atoms with Crippen LogP contribution < -0.4 is 11.2 Å². The summed E-state index contributed by atoms with van der Waals surface area (Å²) in [6, 6.07) is -0.679. The van der Waals surface area contributed by atoms with Crippen molar-refractivity contribution in [2.75, 3.05) is 6.61 Å². The van der Waals surface area contributed by atoms with E-state index in [0.717, 1.165) is 19.3 Å². The predicted octanol–water partition coefficient (Wildman–Crippen LogP) is 4.36. The lowest BCUT2D eigenvalue weighted by Crippen LogP contribution is -2.60. The molecule has 1 aromatic heterocycles. The molecular formula is C34H45N5O8. The van der Waals surface area contributed by atoms with Crippen LogP contribution in [-0.4, -0.2) is 51.6 Å². The normalized spacial score (nSPS) is 38.6. The summed E-state index contributed by atoms with van der Waals surface area (Å²) in [7, 11) is 0. The average molecular weight is 652 g/mol. The zero-order valence-corrected chi connectivity index (χ0v) is 27.6. The van der Waals surface area contributed by atoms with Gasteiger partial charge in [0.25, 0.3) is 5.56 Å². The second-order valence-electron chi connectivity index (χ2n) is 15.3. The number of hydrogen-bond acceptors (Lipinski definition) is 9. The van der Waals surface area contributed by atoms with Crippen molar-refractivity contribution in [1.29, 1.82) is 0 Å². The summed E-state index contributed by atoms with van der Waals surface area (Å²) >= 11 is 0. The number of rotatable bonds is 8. The van der Waals surface area contributed by atoms with Crippen LogP contribution in [0.4, 0.5) is 0 Å². The highest BCUT2D eigenvalue weighted by Gasteiger charge is 2.66. The van der Waals surface area contributed by atoms with Gasteiger partial charge in [0.05, 0.1) is 6.04 Å². The number of nitrogens with zero attached hydrogens (tertiary/aromatic N) is 4. The molecule has 4 saturated carbocycles. The molecule has 47 heavy (non-hydrogen) atoms. The predicted molar refractivity (Wildman–Crippen MR) is 168 cm³/mol. The fourth-order valence-corrected chi connectivity index (χ4v) is 10.2. The summed E-state index contributed by atoms with van der Waals surface area (Å²) in [6.45, 7) is 7.73. The van der Waals surface area contributed by atoms with Gasteiger partial charge in [0, 0.05) is 66.5 Å². The lowest BCUT2D eigenvalue weighted by Gasteiger charge is -2.58. The molecule has 13 heteroatoms. The maximum Gasteiger partial charge on any atom is 0.330 e. The summed E-state index contributed by atoms with van der Waals surface area (Å²) < 4.78 is 12.7. The maximum absolute atomic E-state index is 14.1. The molecule has 0 bridgehead atoms. The van der Waals surface area contributed by atoms with Crippen molar-refractivity contribution >= 4 is 23.3 Å². The molecule has 1 aliphatic heterocycles. The van der Waals surface area contributed by atoms with Gasteiger partial charge < -0.3 is 9.47 Å². The summed E-state index contributed by atoms with van der Waals surface area (Å²) in [5, 5.41) is 3.78. The molecule has 4 aliphatic carbocycles. The van der Waals surface area contributed by atoms with Crippen LogP contribution in [0.15, 0.2) is 20.9 Å². The number of Topliss-reactive ketones (excluding diaryl/α,β-unsaturated/α-hetero) is 3. The van der Waals surface area contributed by atoms with Gasteiger partial charge in [-0.25, -0.2) is 4.79 Å². The smallest absolute Gasteiger partial charge is 0.330 e. The van der Waals surface area contributed by atoms with Gasteiger partial charge in [-0.3, -0.25) is 33.5 Å². The minimum absolute atomic E-state index is 0.00473. The number of carbonyl (C=O) groups excluding carboxylic acids is 4. The minimum atomic E-state index is -0.800. The Morgan fingerprint density at radius 3 is 2.68 bits per heavy atom. The zero-order valence-electron chi connectivity index (χ0n) is 27.6. The zero-order chi connectivity index (χ0) is 33.8. The van der Waals surface area contributed by atoms with Gasteiger partial charge in [0.15, 0.2) is 0 Å². The van der Waals surface area contributed by atoms with Crippen LogP contribution in [0.2, 0.25) is 0 Å². The van der Waals surface area contributed by atoms with Crippen LogP contribution in [0.25, 0.3) is 10.4 Å².